The highest BCUT2D eigenvalue weighted by molar-refractivity contribution is 9.10. The first kappa shape index (κ1) is 10.3. The average Bonchev–Trinajstić information content (AvgIpc) is 2.06. The van der Waals surface area contributed by atoms with Crippen molar-refractivity contribution in [2.24, 2.45) is 0 Å². The third-order valence-corrected chi connectivity index (χ3v) is 2.95. The smallest absolute Gasteiger partial charge is 0.0461 e. The molecule has 1 nitrogen and oxygen atoms in total. The molecule has 0 aliphatic carbocycles. The lowest BCUT2D eigenvalue weighted by Crippen LogP contribution is -1.91. The molecule has 0 spiro atoms. The third-order valence-electron chi connectivity index (χ3n) is 1.90. The second-order valence-corrected chi connectivity index (χ2v) is 4.20. The predicted molar refractivity (Wildman–Crippen MR) is 62.6 cm³/mol. The number of benzene rings is 1. The Kier molecular flexibility index (Phi) is 3.15. The third kappa shape index (κ3) is 2.34. The number of rotatable bonds is 1. The zero-order chi connectivity index (χ0) is 10.0. The van der Waals surface area contributed by atoms with Gasteiger partial charge in [-0.05, 0) is 53.9 Å². The monoisotopic (exact) mass is 239 g/mol. The molecule has 0 heterocycles. The van der Waals surface area contributed by atoms with Gasteiger partial charge in [-0.15, -0.1) is 0 Å². The molecule has 0 unspecified atom stereocenters. The SMILES string of the molecule is CC(C)=Cc1ccc(N)c(Br)c1C. The van der Waals surface area contributed by atoms with Gasteiger partial charge >= 0.3 is 0 Å². The molecule has 0 saturated heterocycles. The molecule has 0 aliphatic rings. The predicted octanol–water partition coefficient (Wildman–Crippen LogP) is 3.76. The number of halogens is 1. The molecule has 13 heavy (non-hydrogen) atoms. The van der Waals surface area contributed by atoms with Crippen LogP contribution in [-0.4, -0.2) is 0 Å². The molecular weight excluding hydrogens is 226 g/mol. The molecule has 1 rings (SSSR count). The standard InChI is InChI=1S/C11H14BrN/c1-7(2)6-9-4-5-10(13)11(12)8(9)3/h4-6H,13H2,1-3H3. The summed E-state index contributed by atoms with van der Waals surface area (Å²) in [7, 11) is 0. The van der Waals surface area contributed by atoms with Crippen molar-refractivity contribution < 1.29 is 0 Å². The zero-order valence-corrected chi connectivity index (χ0v) is 9.77. The van der Waals surface area contributed by atoms with Crippen LogP contribution in [0.15, 0.2) is 22.2 Å². The number of allylic oxidation sites excluding steroid dienone is 1. The Balaban J connectivity index is 3.26. The van der Waals surface area contributed by atoms with Crippen molar-refractivity contribution >= 4 is 27.7 Å². The molecule has 0 aliphatic heterocycles. The quantitative estimate of drug-likeness (QED) is 0.743. The molecule has 70 valence electrons. The van der Waals surface area contributed by atoms with Crippen LogP contribution in [0.4, 0.5) is 5.69 Å². The first-order valence-electron chi connectivity index (χ1n) is 4.22. The molecule has 0 saturated carbocycles. The van der Waals surface area contributed by atoms with Crippen LogP contribution in [0.5, 0.6) is 0 Å². The first-order chi connectivity index (χ1) is 6.02. The lowest BCUT2D eigenvalue weighted by atomic mass is 10.1. The maximum absolute atomic E-state index is 5.75. The average molecular weight is 240 g/mol. The van der Waals surface area contributed by atoms with Gasteiger partial charge in [-0.1, -0.05) is 17.7 Å². The van der Waals surface area contributed by atoms with E-state index in [4.69, 9.17) is 5.73 Å². The van der Waals surface area contributed by atoms with Gasteiger partial charge < -0.3 is 5.73 Å². The Morgan fingerprint density at radius 3 is 2.54 bits per heavy atom. The molecule has 1 aromatic carbocycles. The first-order valence-corrected chi connectivity index (χ1v) is 5.01. The van der Waals surface area contributed by atoms with Crippen LogP contribution in [0.25, 0.3) is 6.08 Å². The maximum atomic E-state index is 5.75. The second kappa shape index (κ2) is 3.97. The van der Waals surface area contributed by atoms with Gasteiger partial charge in [0.25, 0.3) is 0 Å². The van der Waals surface area contributed by atoms with Crippen LogP contribution >= 0.6 is 15.9 Å². The van der Waals surface area contributed by atoms with E-state index < -0.39 is 0 Å². The van der Waals surface area contributed by atoms with Gasteiger partial charge in [0, 0.05) is 10.2 Å². The summed E-state index contributed by atoms with van der Waals surface area (Å²) in [5.41, 5.74) is 10.3. The minimum absolute atomic E-state index is 0.795. The molecule has 2 N–H and O–H groups in total. The van der Waals surface area contributed by atoms with Gasteiger partial charge in [-0.3, -0.25) is 0 Å². The van der Waals surface area contributed by atoms with E-state index in [0.717, 1.165) is 10.2 Å². The summed E-state index contributed by atoms with van der Waals surface area (Å²) in [5, 5.41) is 0. The summed E-state index contributed by atoms with van der Waals surface area (Å²) >= 11 is 3.47. The van der Waals surface area contributed by atoms with Crippen LogP contribution in [-0.2, 0) is 0 Å². The van der Waals surface area contributed by atoms with Gasteiger partial charge in [-0.2, -0.15) is 0 Å². The molecule has 0 fully saturated rings. The molecule has 0 radical (unpaired) electrons. The van der Waals surface area contributed by atoms with Crippen LogP contribution < -0.4 is 5.73 Å². The molecule has 2 heteroatoms. The summed E-state index contributed by atoms with van der Waals surface area (Å²) in [6.07, 6.45) is 2.15. The minimum atomic E-state index is 0.795. The van der Waals surface area contributed by atoms with E-state index in [1.807, 2.05) is 12.1 Å². The summed E-state index contributed by atoms with van der Waals surface area (Å²) < 4.78 is 1.00. The van der Waals surface area contributed by atoms with E-state index in [0.29, 0.717) is 0 Å². The number of anilines is 1. The van der Waals surface area contributed by atoms with Crippen molar-refractivity contribution in [2.45, 2.75) is 20.8 Å². The summed E-state index contributed by atoms with van der Waals surface area (Å²) in [5.74, 6) is 0. The van der Waals surface area contributed by atoms with Crippen molar-refractivity contribution in [3.8, 4) is 0 Å². The summed E-state index contributed by atoms with van der Waals surface area (Å²) in [6, 6.07) is 3.97. The van der Waals surface area contributed by atoms with E-state index in [1.54, 1.807) is 0 Å². The minimum Gasteiger partial charge on any atom is -0.398 e. The van der Waals surface area contributed by atoms with Crippen LogP contribution in [0.2, 0.25) is 0 Å². The molecule has 0 bridgehead atoms. The number of hydrogen-bond acceptors (Lipinski definition) is 1. The van der Waals surface area contributed by atoms with Gasteiger partial charge in [-0.25, -0.2) is 0 Å². The fraction of sp³-hybridized carbons (Fsp3) is 0.273. The van der Waals surface area contributed by atoms with E-state index in [9.17, 15) is 0 Å². The van der Waals surface area contributed by atoms with Gasteiger partial charge in [0.2, 0.25) is 0 Å². The van der Waals surface area contributed by atoms with E-state index >= 15 is 0 Å². The number of hydrogen-bond donors (Lipinski definition) is 1. The Morgan fingerprint density at radius 2 is 2.00 bits per heavy atom. The van der Waals surface area contributed by atoms with Crippen molar-refractivity contribution in [1.29, 1.82) is 0 Å². The highest BCUT2D eigenvalue weighted by Crippen LogP contribution is 2.27. The maximum Gasteiger partial charge on any atom is 0.0461 e. The van der Waals surface area contributed by atoms with Crippen molar-refractivity contribution in [1.82, 2.24) is 0 Å². The fourth-order valence-electron chi connectivity index (χ4n) is 1.19. The Bertz CT molecular complexity index is 349. The van der Waals surface area contributed by atoms with E-state index in [-0.39, 0.29) is 0 Å². The molecule has 0 amide bonds. The topological polar surface area (TPSA) is 26.0 Å². The molecule has 0 atom stereocenters. The summed E-state index contributed by atoms with van der Waals surface area (Å²) in [4.78, 5) is 0. The lowest BCUT2D eigenvalue weighted by Gasteiger charge is -2.06. The van der Waals surface area contributed by atoms with Gasteiger partial charge in [0.05, 0.1) is 0 Å². The Morgan fingerprint density at radius 1 is 1.38 bits per heavy atom. The van der Waals surface area contributed by atoms with Crippen LogP contribution in [0.3, 0.4) is 0 Å². The summed E-state index contributed by atoms with van der Waals surface area (Å²) in [6.45, 7) is 6.24. The lowest BCUT2D eigenvalue weighted by molar-refractivity contribution is 1.37. The molecule has 1 aromatic rings. The fourth-order valence-corrected chi connectivity index (χ4v) is 1.55. The highest BCUT2D eigenvalue weighted by Gasteiger charge is 2.02. The Hall–Kier alpha value is -0.760. The normalized spacial score (nSPS) is 9.85. The zero-order valence-electron chi connectivity index (χ0n) is 8.19. The van der Waals surface area contributed by atoms with Crippen molar-refractivity contribution in [3.63, 3.8) is 0 Å². The second-order valence-electron chi connectivity index (χ2n) is 3.40. The van der Waals surface area contributed by atoms with E-state index in [2.05, 4.69) is 42.8 Å². The van der Waals surface area contributed by atoms with Crippen molar-refractivity contribution in [2.75, 3.05) is 5.73 Å². The number of nitrogens with two attached hydrogens (primary N) is 1. The molecule has 0 aromatic heterocycles. The van der Waals surface area contributed by atoms with Crippen LogP contribution in [0, 0.1) is 6.92 Å². The van der Waals surface area contributed by atoms with E-state index in [1.165, 1.54) is 16.7 Å². The van der Waals surface area contributed by atoms with Crippen LogP contribution in [0.1, 0.15) is 25.0 Å². The van der Waals surface area contributed by atoms with Gasteiger partial charge in [0.1, 0.15) is 0 Å². The molecular formula is C11H14BrN. The van der Waals surface area contributed by atoms with Gasteiger partial charge in [0.15, 0.2) is 0 Å². The highest BCUT2D eigenvalue weighted by atomic mass is 79.9. The number of nitrogen functional groups attached to an aromatic ring is 1. The van der Waals surface area contributed by atoms with Crippen molar-refractivity contribution in [3.05, 3.63) is 33.3 Å². The largest absolute Gasteiger partial charge is 0.398 e. The Labute approximate surface area is 87.8 Å².